The van der Waals surface area contributed by atoms with Crippen LogP contribution in [-0.4, -0.2) is 18.5 Å². The van der Waals surface area contributed by atoms with Crippen LogP contribution in [0.3, 0.4) is 0 Å². The fourth-order valence-corrected chi connectivity index (χ4v) is 2.27. The molecule has 0 aliphatic heterocycles. The van der Waals surface area contributed by atoms with Gasteiger partial charge >= 0.3 is 0 Å². The molecular formula is C13H15ClO2. The molecule has 1 fully saturated rings. The molecule has 0 atom stereocenters. The second kappa shape index (κ2) is 4.56. The normalized spacial score (nSPS) is 17.9. The summed E-state index contributed by atoms with van der Waals surface area (Å²) in [4.78, 5) is 12.0. The van der Waals surface area contributed by atoms with Crippen molar-refractivity contribution in [1.29, 1.82) is 0 Å². The number of methoxy groups -OCH3 is 1. The second-order valence-electron chi connectivity index (χ2n) is 4.35. The number of rotatable bonds is 4. The van der Waals surface area contributed by atoms with Crippen LogP contribution in [0, 0.1) is 0 Å². The maximum absolute atomic E-state index is 12.0. The third kappa shape index (κ3) is 2.28. The van der Waals surface area contributed by atoms with E-state index >= 15 is 0 Å². The summed E-state index contributed by atoms with van der Waals surface area (Å²) < 4.78 is 5.44. The van der Waals surface area contributed by atoms with E-state index in [1.165, 1.54) is 0 Å². The predicted molar refractivity (Wildman–Crippen MR) is 64.0 cm³/mol. The van der Waals surface area contributed by atoms with Gasteiger partial charge in [0.05, 0.1) is 5.60 Å². The maximum Gasteiger partial charge on any atom is 0.165 e. The molecule has 0 N–H and O–H groups in total. The first-order valence-corrected chi connectivity index (χ1v) is 5.87. The van der Waals surface area contributed by atoms with Crippen molar-refractivity contribution in [3.8, 4) is 0 Å². The monoisotopic (exact) mass is 238 g/mol. The van der Waals surface area contributed by atoms with E-state index in [1.54, 1.807) is 31.4 Å². The summed E-state index contributed by atoms with van der Waals surface area (Å²) in [5, 5.41) is 0.603. The van der Waals surface area contributed by atoms with Crippen LogP contribution in [0.1, 0.15) is 36.0 Å². The number of Topliss-reactive ketones (excluding diaryl/α,β-unsaturated/α-hetero) is 1. The summed E-state index contributed by atoms with van der Waals surface area (Å²) in [5.41, 5.74) is 0.468. The van der Waals surface area contributed by atoms with Crippen LogP contribution in [0.4, 0.5) is 0 Å². The van der Waals surface area contributed by atoms with Gasteiger partial charge in [-0.15, -0.1) is 0 Å². The van der Waals surface area contributed by atoms with E-state index in [0.29, 0.717) is 17.0 Å². The molecule has 2 nitrogen and oxygen atoms in total. The van der Waals surface area contributed by atoms with E-state index in [4.69, 9.17) is 16.3 Å². The van der Waals surface area contributed by atoms with Crippen molar-refractivity contribution in [2.75, 3.05) is 7.11 Å². The van der Waals surface area contributed by atoms with Crippen molar-refractivity contribution in [2.45, 2.75) is 31.3 Å². The van der Waals surface area contributed by atoms with Crippen molar-refractivity contribution in [3.05, 3.63) is 34.9 Å². The van der Waals surface area contributed by atoms with Gasteiger partial charge in [-0.25, -0.2) is 0 Å². The van der Waals surface area contributed by atoms with Crippen LogP contribution in [0.15, 0.2) is 24.3 Å². The van der Waals surface area contributed by atoms with Crippen molar-refractivity contribution in [1.82, 2.24) is 0 Å². The minimum absolute atomic E-state index is 0.115. The molecule has 1 aliphatic rings. The third-order valence-corrected chi connectivity index (χ3v) is 3.56. The molecule has 0 amide bonds. The third-order valence-electron chi connectivity index (χ3n) is 3.33. The first-order chi connectivity index (χ1) is 7.65. The van der Waals surface area contributed by atoms with Crippen molar-refractivity contribution < 1.29 is 9.53 Å². The van der Waals surface area contributed by atoms with Crippen LogP contribution in [0.25, 0.3) is 0 Å². The van der Waals surface area contributed by atoms with Gasteiger partial charge in [0.2, 0.25) is 0 Å². The Morgan fingerprint density at radius 2 is 2.25 bits per heavy atom. The summed E-state index contributed by atoms with van der Waals surface area (Å²) >= 11 is 5.86. The van der Waals surface area contributed by atoms with E-state index in [0.717, 1.165) is 19.3 Å². The molecule has 86 valence electrons. The van der Waals surface area contributed by atoms with E-state index in [-0.39, 0.29) is 11.4 Å². The lowest BCUT2D eigenvalue weighted by atomic mass is 9.76. The molecule has 1 aromatic rings. The minimum atomic E-state index is -0.209. The zero-order valence-electron chi connectivity index (χ0n) is 9.33. The van der Waals surface area contributed by atoms with Gasteiger partial charge in [-0.05, 0) is 31.4 Å². The molecular weight excluding hydrogens is 224 g/mol. The van der Waals surface area contributed by atoms with Gasteiger partial charge in [-0.2, -0.15) is 0 Å². The maximum atomic E-state index is 12.0. The number of carbonyl (C=O) groups is 1. The molecule has 0 unspecified atom stereocenters. The van der Waals surface area contributed by atoms with Gasteiger partial charge in [-0.3, -0.25) is 4.79 Å². The fraction of sp³-hybridized carbons (Fsp3) is 0.462. The van der Waals surface area contributed by atoms with Gasteiger partial charge < -0.3 is 4.74 Å². The molecule has 0 aromatic heterocycles. The lowest BCUT2D eigenvalue weighted by Crippen LogP contribution is -2.41. The Balaban J connectivity index is 2.08. The molecule has 0 saturated heterocycles. The Hall–Kier alpha value is -0.860. The van der Waals surface area contributed by atoms with E-state index < -0.39 is 0 Å². The largest absolute Gasteiger partial charge is 0.378 e. The number of halogens is 1. The molecule has 0 bridgehead atoms. The number of hydrogen-bond donors (Lipinski definition) is 0. The lowest BCUT2D eigenvalue weighted by molar-refractivity contribution is -0.0704. The highest BCUT2D eigenvalue weighted by Crippen LogP contribution is 2.38. The SMILES string of the molecule is COC1(CC(=O)c2cccc(Cl)c2)CCC1. The Labute approximate surface area is 101 Å². The van der Waals surface area contributed by atoms with Crippen LogP contribution in [0.2, 0.25) is 5.02 Å². The minimum Gasteiger partial charge on any atom is -0.378 e. The van der Waals surface area contributed by atoms with Gasteiger partial charge in [0, 0.05) is 24.1 Å². The number of hydrogen-bond acceptors (Lipinski definition) is 2. The molecule has 0 radical (unpaired) electrons. The Bertz CT molecular complexity index is 391. The number of carbonyl (C=O) groups excluding carboxylic acids is 1. The highest BCUT2D eigenvalue weighted by Gasteiger charge is 2.39. The molecule has 0 spiro atoms. The average molecular weight is 239 g/mol. The number of ether oxygens (including phenoxy) is 1. The number of ketones is 1. The summed E-state index contributed by atoms with van der Waals surface area (Å²) in [6.45, 7) is 0. The summed E-state index contributed by atoms with van der Waals surface area (Å²) in [6, 6.07) is 7.09. The summed E-state index contributed by atoms with van der Waals surface area (Å²) in [7, 11) is 1.68. The van der Waals surface area contributed by atoms with E-state index in [1.807, 2.05) is 0 Å². The quantitative estimate of drug-likeness (QED) is 0.751. The first-order valence-electron chi connectivity index (χ1n) is 5.49. The van der Waals surface area contributed by atoms with Crippen LogP contribution >= 0.6 is 11.6 Å². The van der Waals surface area contributed by atoms with Gasteiger partial charge in [-0.1, -0.05) is 23.7 Å². The van der Waals surface area contributed by atoms with Gasteiger partial charge in [0.15, 0.2) is 5.78 Å². The molecule has 1 aromatic carbocycles. The zero-order chi connectivity index (χ0) is 11.6. The lowest BCUT2D eigenvalue weighted by Gasteiger charge is -2.40. The summed E-state index contributed by atoms with van der Waals surface area (Å²) in [6.07, 6.45) is 3.58. The molecule has 1 saturated carbocycles. The number of benzene rings is 1. The molecule has 0 heterocycles. The Kier molecular flexibility index (Phi) is 3.31. The Morgan fingerprint density at radius 1 is 1.50 bits per heavy atom. The second-order valence-corrected chi connectivity index (χ2v) is 4.79. The topological polar surface area (TPSA) is 26.3 Å². The molecule has 16 heavy (non-hydrogen) atoms. The van der Waals surface area contributed by atoms with Crippen molar-refractivity contribution in [2.24, 2.45) is 0 Å². The van der Waals surface area contributed by atoms with Crippen molar-refractivity contribution >= 4 is 17.4 Å². The first kappa shape index (κ1) is 11.6. The Morgan fingerprint density at radius 3 is 2.75 bits per heavy atom. The van der Waals surface area contributed by atoms with E-state index in [9.17, 15) is 4.79 Å². The highest BCUT2D eigenvalue weighted by molar-refractivity contribution is 6.31. The smallest absolute Gasteiger partial charge is 0.165 e. The molecule has 3 heteroatoms. The average Bonchev–Trinajstić information content (AvgIpc) is 2.23. The predicted octanol–water partition coefficient (Wildman–Crippen LogP) is 3.48. The zero-order valence-corrected chi connectivity index (χ0v) is 10.1. The molecule has 1 aliphatic carbocycles. The van der Waals surface area contributed by atoms with Crippen LogP contribution in [-0.2, 0) is 4.74 Å². The summed E-state index contributed by atoms with van der Waals surface area (Å²) in [5.74, 6) is 0.115. The fourth-order valence-electron chi connectivity index (χ4n) is 2.08. The van der Waals surface area contributed by atoms with Crippen molar-refractivity contribution in [3.63, 3.8) is 0 Å². The van der Waals surface area contributed by atoms with Crippen LogP contribution < -0.4 is 0 Å². The highest BCUT2D eigenvalue weighted by atomic mass is 35.5. The molecule has 2 rings (SSSR count). The van der Waals surface area contributed by atoms with E-state index in [2.05, 4.69) is 0 Å². The van der Waals surface area contributed by atoms with Crippen LogP contribution in [0.5, 0.6) is 0 Å². The standard InChI is InChI=1S/C13H15ClO2/c1-16-13(6-3-7-13)9-12(15)10-4-2-5-11(14)8-10/h2,4-5,8H,3,6-7,9H2,1H3. The van der Waals surface area contributed by atoms with Gasteiger partial charge in [0.1, 0.15) is 0 Å². The van der Waals surface area contributed by atoms with Gasteiger partial charge in [0.25, 0.3) is 0 Å².